The number of hydrogen-bond donors (Lipinski definition) is 0. The van der Waals surface area contributed by atoms with Crippen molar-refractivity contribution in [3.63, 3.8) is 0 Å². The maximum absolute atomic E-state index is 13.5. The van der Waals surface area contributed by atoms with E-state index in [9.17, 15) is 8.42 Å². The Balaban J connectivity index is 1.85. The topological polar surface area (TPSA) is 61.2 Å². The molecule has 5 nitrogen and oxygen atoms in total. The summed E-state index contributed by atoms with van der Waals surface area (Å²) in [7, 11) is -3.81. The summed E-state index contributed by atoms with van der Waals surface area (Å²) in [6.07, 6.45) is 0.422. The first-order valence-electron chi connectivity index (χ1n) is 9.08. The van der Waals surface area contributed by atoms with Gasteiger partial charge in [-0.3, -0.25) is 0 Å². The Labute approximate surface area is 164 Å². The van der Waals surface area contributed by atoms with Crippen molar-refractivity contribution in [3.05, 3.63) is 90.3 Å². The van der Waals surface area contributed by atoms with E-state index in [1.54, 1.807) is 30.3 Å². The number of aromatic nitrogens is 2. The van der Waals surface area contributed by atoms with Crippen molar-refractivity contribution in [1.29, 1.82) is 0 Å². The van der Waals surface area contributed by atoms with Crippen LogP contribution in [0, 0.1) is 0 Å². The molecule has 4 aromatic rings. The van der Waals surface area contributed by atoms with Gasteiger partial charge in [-0.05, 0) is 48.9 Å². The molecule has 0 saturated heterocycles. The summed E-state index contributed by atoms with van der Waals surface area (Å²) in [4.78, 5) is 4.81. The van der Waals surface area contributed by atoms with Crippen LogP contribution in [-0.4, -0.2) is 24.0 Å². The van der Waals surface area contributed by atoms with Gasteiger partial charge in [0.1, 0.15) is 11.6 Å². The highest BCUT2D eigenvalue weighted by Crippen LogP contribution is 2.26. The molecule has 0 aliphatic carbocycles. The maximum Gasteiger partial charge on any atom is 0.269 e. The summed E-state index contributed by atoms with van der Waals surface area (Å²) in [5.74, 6) is 1.13. The number of rotatable bonds is 6. The molecule has 6 heteroatoms. The highest BCUT2D eigenvalue weighted by molar-refractivity contribution is 7.90. The van der Waals surface area contributed by atoms with Gasteiger partial charge in [-0.15, -0.1) is 0 Å². The van der Waals surface area contributed by atoms with Crippen molar-refractivity contribution in [2.24, 2.45) is 0 Å². The Morgan fingerprint density at radius 1 is 0.893 bits per heavy atom. The standard InChI is InChI=1S/C22H20N2O3S/c1-2-27-18-12-14-19(15-13-18)28(25,26)24-21-11-7-6-10-20(21)23-22(24)16-17-8-4-3-5-9-17/h3-15H,2,16H2,1H3. The summed E-state index contributed by atoms with van der Waals surface area (Å²) in [5, 5.41) is 0. The molecule has 0 unspecified atom stereocenters. The van der Waals surface area contributed by atoms with Gasteiger partial charge < -0.3 is 4.74 Å². The fourth-order valence-corrected chi connectivity index (χ4v) is 4.68. The van der Waals surface area contributed by atoms with Crippen molar-refractivity contribution in [2.75, 3.05) is 6.61 Å². The largest absolute Gasteiger partial charge is 0.494 e. The van der Waals surface area contributed by atoms with Gasteiger partial charge in [0.25, 0.3) is 10.0 Å². The molecule has 1 heterocycles. The minimum atomic E-state index is -3.81. The SMILES string of the molecule is CCOc1ccc(S(=O)(=O)n2c(Cc3ccccc3)nc3ccccc32)cc1. The van der Waals surface area contributed by atoms with Gasteiger partial charge in [0.05, 0.1) is 22.5 Å². The van der Waals surface area contributed by atoms with Crippen LogP contribution in [0.2, 0.25) is 0 Å². The van der Waals surface area contributed by atoms with Crippen molar-refractivity contribution in [1.82, 2.24) is 8.96 Å². The molecule has 0 amide bonds. The van der Waals surface area contributed by atoms with Crippen molar-refractivity contribution in [3.8, 4) is 5.75 Å². The molecule has 0 N–H and O–H groups in total. The number of hydrogen-bond acceptors (Lipinski definition) is 4. The van der Waals surface area contributed by atoms with Gasteiger partial charge >= 0.3 is 0 Å². The van der Waals surface area contributed by atoms with Crippen LogP contribution in [0.1, 0.15) is 18.3 Å². The van der Waals surface area contributed by atoms with E-state index in [-0.39, 0.29) is 4.90 Å². The molecule has 28 heavy (non-hydrogen) atoms. The Hall–Kier alpha value is -3.12. The molecule has 0 radical (unpaired) electrons. The minimum absolute atomic E-state index is 0.202. The third kappa shape index (κ3) is 3.39. The summed E-state index contributed by atoms with van der Waals surface area (Å²) in [6, 6.07) is 23.5. The second kappa shape index (κ2) is 7.48. The molecular weight excluding hydrogens is 372 g/mol. The minimum Gasteiger partial charge on any atom is -0.494 e. The Kier molecular flexibility index (Phi) is 4.88. The molecule has 0 spiro atoms. The van der Waals surface area contributed by atoms with Gasteiger partial charge in [-0.25, -0.2) is 17.4 Å². The molecule has 4 rings (SSSR count). The molecule has 0 fully saturated rings. The van der Waals surface area contributed by atoms with E-state index in [0.717, 1.165) is 5.56 Å². The zero-order chi connectivity index (χ0) is 19.6. The van der Waals surface area contributed by atoms with Crippen LogP contribution in [0.3, 0.4) is 0 Å². The lowest BCUT2D eigenvalue weighted by Gasteiger charge is -2.11. The summed E-state index contributed by atoms with van der Waals surface area (Å²) < 4.78 is 33.7. The first-order valence-corrected chi connectivity index (χ1v) is 10.5. The van der Waals surface area contributed by atoms with Crippen molar-refractivity contribution < 1.29 is 13.2 Å². The van der Waals surface area contributed by atoms with E-state index >= 15 is 0 Å². The monoisotopic (exact) mass is 392 g/mol. The highest BCUT2D eigenvalue weighted by atomic mass is 32.2. The third-order valence-corrected chi connectivity index (χ3v) is 6.22. The Morgan fingerprint density at radius 3 is 2.29 bits per heavy atom. The number of benzene rings is 3. The van der Waals surface area contributed by atoms with Crippen LogP contribution >= 0.6 is 0 Å². The molecular formula is C22H20N2O3S. The summed E-state index contributed by atoms with van der Waals surface area (Å²) in [5.41, 5.74) is 2.23. The molecule has 0 atom stereocenters. The normalized spacial score (nSPS) is 11.6. The van der Waals surface area contributed by atoms with Crippen LogP contribution < -0.4 is 4.74 Å². The quantitative estimate of drug-likeness (QED) is 0.492. The predicted octanol–water partition coefficient (Wildman–Crippen LogP) is 4.26. The van der Waals surface area contributed by atoms with E-state index in [0.29, 0.717) is 35.6 Å². The Morgan fingerprint density at radius 2 is 1.57 bits per heavy atom. The molecule has 142 valence electrons. The lowest BCUT2D eigenvalue weighted by molar-refractivity contribution is 0.340. The van der Waals surface area contributed by atoms with Crippen LogP contribution in [0.15, 0.2) is 83.8 Å². The van der Waals surface area contributed by atoms with Crippen LogP contribution in [0.25, 0.3) is 11.0 Å². The first-order chi connectivity index (χ1) is 13.6. The van der Waals surface area contributed by atoms with E-state index in [4.69, 9.17) is 4.74 Å². The van der Waals surface area contributed by atoms with Crippen molar-refractivity contribution >= 4 is 21.1 Å². The number of imidazole rings is 1. The van der Waals surface area contributed by atoms with E-state index in [1.165, 1.54) is 3.97 Å². The molecule has 0 saturated carbocycles. The van der Waals surface area contributed by atoms with Crippen LogP contribution in [0.4, 0.5) is 0 Å². The lowest BCUT2D eigenvalue weighted by Crippen LogP contribution is -2.16. The average Bonchev–Trinajstić information content (AvgIpc) is 3.08. The van der Waals surface area contributed by atoms with Gasteiger partial charge in [-0.2, -0.15) is 0 Å². The Bertz CT molecular complexity index is 1200. The highest BCUT2D eigenvalue weighted by Gasteiger charge is 2.24. The predicted molar refractivity (Wildman–Crippen MR) is 109 cm³/mol. The third-order valence-electron chi connectivity index (χ3n) is 4.46. The summed E-state index contributed by atoms with van der Waals surface area (Å²) in [6.45, 7) is 2.41. The van der Waals surface area contributed by atoms with E-state index in [2.05, 4.69) is 4.98 Å². The molecule has 0 aliphatic rings. The number of nitrogens with zero attached hydrogens (tertiary/aromatic N) is 2. The number of fused-ring (bicyclic) bond motifs is 1. The lowest BCUT2D eigenvalue weighted by atomic mass is 10.1. The van der Waals surface area contributed by atoms with Gasteiger partial charge in [0.2, 0.25) is 0 Å². The average molecular weight is 392 g/mol. The van der Waals surface area contributed by atoms with Crippen LogP contribution in [0.5, 0.6) is 5.75 Å². The zero-order valence-electron chi connectivity index (χ0n) is 15.4. The van der Waals surface area contributed by atoms with E-state index in [1.807, 2.05) is 55.5 Å². The van der Waals surface area contributed by atoms with Gasteiger partial charge in [0.15, 0.2) is 0 Å². The van der Waals surface area contributed by atoms with Gasteiger partial charge in [-0.1, -0.05) is 42.5 Å². The first kappa shape index (κ1) is 18.3. The molecule has 3 aromatic carbocycles. The molecule has 1 aromatic heterocycles. The number of ether oxygens (including phenoxy) is 1. The van der Waals surface area contributed by atoms with Gasteiger partial charge in [0, 0.05) is 6.42 Å². The number of para-hydroxylation sites is 2. The second-order valence-corrected chi connectivity index (χ2v) is 8.14. The second-order valence-electron chi connectivity index (χ2n) is 6.35. The van der Waals surface area contributed by atoms with Crippen molar-refractivity contribution in [2.45, 2.75) is 18.2 Å². The molecule has 0 bridgehead atoms. The van der Waals surface area contributed by atoms with E-state index < -0.39 is 10.0 Å². The van der Waals surface area contributed by atoms with Crippen LogP contribution in [-0.2, 0) is 16.4 Å². The zero-order valence-corrected chi connectivity index (χ0v) is 16.3. The smallest absolute Gasteiger partial charge is 0.269 e. The summed E-state index contributed by atoms with van der Waals surface area (Å²) >= 11 is 0. The fraction of sp³-hybridized carbons (Fsp3) is 0.136. The maximum atomic E-state index is 13.5. The molecule has 0 aliphatic heterocycles. The fourth-order valence-electron chi connectivity index (χ4n) is 3.19.